The van der Waals surface area contributed by atoms with E-state index in [-0.39, 0.29) is 30.4 Å². The van der Waals surface area contributed by atoms with Crippen molar-refractivity contribution in [3.63, 3.8) is 0 Å². The molecule has 0 radical (unpaired) electrons. The molecule has 0 saturated heterocycles. The van der Waals surface area contributed by atoms with Crippen molar-refractivity contribution in [3.8, 4) is 11.8 Å². The largest absolute Gasteiger partial charge is 0.475 e. The van der Waals surface area contributed by atoms with Crippen molar-refractivity contribution in [2.45, 2.75) is 33.0 Å². The summed E-state index contributed by atoms with van der Waals surface area (Å²) < 4.78 is 11.0. The Morgan fingerprint density at radius 2 is 2.00 bits per heavy atom. The van der Waals surface area contributed by atoms with Gasteiger partial charge in [0.2, 0.25) is 16.9 Å². The van der Waals surface area contributed by atoms with E-state index in [4.69, 9.17) is 14.6 Å². The van der Waals surface area contributed by atoms with Gasteiger partial charge in [0.1, 0.15) is 11.6 Å². The first-order chi connectivity index (χ1) is 11.0. The van der Waals surface area contributed by atoms with E-state index in [0.29, 0.717) is 10.7 Å². The lowest BCUT2D eigenvalue weighted by molar-refractivity contribution is 0.102. The number of pyridine rings is 1. The zero-order chi connectivity index (χ0) is 16.8. The fraction of sp³-hybridized carbons (Fsp3) is 0.429. The SMILES string of the molecule is CC(C)Oc1cc(C(=O)Nc2nncs2)cc(O[C@H](C)CO)n1. The van der Waals surface area contributed by atoms with E-state index in [1.165, 1.54) is 29.0 Å². The van der Waals surface area contributed by atoms with Crippen molar-refractivity contribution in [2.24, 2.45) is 0 Å². The van der Waals surface area contributed by atoms with Crippen LogP contribution in [0.4, 0.5) is 5.13 Å². The zero-order valence-electron chi connectivity index (χ0n) is 13.0. The monoisotopic (exact) mass is 338 g/mol. The van der Waals surface area contributed by atoms with Crippen molar-refractivity contribution in [3.05, 3.63) is 23.2 Å². The molecule has 0 saturated carbocycles. The Balaban J connectivity index is 2.25. The quantitative estimate of drug-likeness (QED) is 0.792. The van der Waals surface area contributed by atoms with Crippen molar-refractivity contribution in [1.82, 2.24) is 15.2 Å². The molecule has 2 heterocycles. The van der Waals surface area contributed by atoms with E-state index in [0.717, 1.165) is 0 Å². The van der Waals surface area contributed by atoms with Crippen LogP contribution in [0.25, 0.3) is 0 Å². The highest BCUT2D eigenvalue weighted by Crippen LogP contribution is 2.21. The summed E-state index contributed by atoms with van der Waals surface area (Å²) in [5, 5.41) is 19.5. The molecule has 0 fully saturated rings. The van der Waals surface area contributed by atoms with Crippen LogP contribution in [0.5, 0.6) is 11.8 Å². The number of aromatic nitrogens is 3. The molecule has 2 aromatic rings. The maximum atomic E-state index is 12.3. The number of nitrogens with zero attached hydrogens (tertiary/aromatic N) is 3. The number of aliphatic hydroxyl groups is 1. The number of nitrogens with one attached hydrogen (secondary N) is 1. The summed E-state index contributed by atoms with van der Waals surface area (Å²) in [7, 11) is 0. The van der Waals surface area contributed by atoms with Crippen LogP contribution in [0.2, 0.25) is 0 Å². The van der Waals surface area contributed by atoms with Gasteiger partial charge in [-0.15, -0.1) is 10.2 Å². The second-order valence-electron chi connectivity index (χ2n) is 5.01. The van der Waals surface area contributed by atoms with Gasteiger partial charge < -0.3 is 14.6 Å². The van der Waals surface area contributed by atoms with Gasteiger partial charge in [-0.2, -0.15) is 4.98 Å². The van der Waals surface area contributed by atoms with Crippen LogP contribution in [0.1, 0.15) is 31.1 Å². The Morgan fingerprint density at radius 3 is 2.57 bits per heavy atom. The summed E-state index contributed by atoms with van der Waals surface area (Å²) >= 11 is 1.21. The first-order valence-electron chi connectivity index (χ1n) is 7.01. The highest BCUT2D eigenvalue weighted by atomic mass is 32.1. The predicted molar refractivity (Wildman–Crippen MR) is 85.0 cm³/mol. The normalized spacial score (nSPS) is 12.0. The van der Waals surface area contributed by atoms with Crippen molar-refractivity contribution >= 4 is 22.4 Å². The molecule has 9 heteroatoms. The Kier molecular flexibility index (Phi) is 5.83. The van der Waals surface area contributed by atoms with Gasteiger partial charge in [0.25, 0.3) is 5.91 Å². The van der Waals surface area contributed by atoms with E-state index in [1.54, 1.807) is 6.92 Å². The van der Waals surface area contributed by atoms with Crippen LogP contribution in [0.3, 0.4) is 0 Å². The Labute approximate surface area is 137 Å². The fourth-order valence-corrected chi connectivity index (χ4v) is 2.05. The van der Waals surface area contributed by atoms with Crippen LogP contribution < -0.4 is 14.8 Å². The lowest BCUT2D eigenvalue weighted by Gasteiger charge is -2.15. The van der Waals surface area contributed by atoms with E-state index < -0.39 is 6.10 Å². The number of hydrogen-bond donors (Lipinski definition) is 2. The number of carbonyl (C=O) groups is 1. The van der Waals surface area contributed by atoms with E-state index in [2.05, 4.69) is 20.5 Å². The van der Waals surface area contributed by atoms with Crippen LogP contribution in [-0.4, -0.2) is 45.0 Å². The molecule has 0 aliphatic rings. The van der Waals surface area contributed by atoms with Gasteiger partial charge in [-0.25, -0.2) is 0 Å². The van der Waals surface area contributed by atoms with E-state index in [9.17, 15) is 4.79 Å². The zero-order valence-corrected chi connectivity index (χ0v) is 13.8. The van der Waals surface area contributed by atoms with Crippen LogP contribution in [0.15, 0.2) is 17.6 Å². The van der Waals surface area contributed by atoms with Crippen molar-refractivity contribution in [2.75, 3.05) is 11.9 Å². The lowest BCUT2D eigenvalue weighted by atomic mass is 10.2. The third-order valence-electron chi connectivity index (χ3n) is 2.56. The third kappa shape index (κ3) is 5.15. The molecule has 1 atom stereocenters. The Bertz CT molecular complexity index is 648. The van der Waals surface area contributed by atoms with Crippen LogP contribution in [-0.2, 0) is 0 Å². The van der Waals surface area contributed by atoms with Gasteiger partial charge >= 0.3 is 0 Å². The summed E-state index contributed by atoms with van der Waals surface area (Å²) in [6.45, 7) is 5.24. The lowest BCUT2D eigenvalue weighted by Crippen LogP contribution is -2.19. The second-order valence-corrected chi connectivity index (χ2v) is 5.84. The maximum Gasteiger partial charge on any atom is 0.257 e. The van der Waals surface area contributed by atoms with Gasteiger partial charge in [0, 0.05) is 12.1 Å². The second kappa shape index (κ2) is 7.84. The third-order valence-corrected chi connectivity index (χ3v) is 3.16. The molecule has 0 aliphatic carbocycles. The average molecular weight is 338 g/mol. The number of ether oxygens (including phenoxy) is 2. The Morgan fingerprint density at radius 1 is 1.30 bits per heavy atom. The summed E-state index contributed by atoms with van der Waals surface area (Å²) in [6.07, 6.45) is -0.553. The molecule has 1 amide bonds. The summed E-state index contributed by atoms with van der Waals surface area (Å²) in [4.78, 5) is 16.5. The highest BCUT2D eigenvalue weighted by molar-refractivity contribution is 7.13. The van der Waals surface area contributed by atoms with Gasteiger partial charge in [-0.3, -0.25) is 10.1 Å². The summed E-state index contributed by atoms with van der Waals surface area (Å²) in [5.74, 6) is 0.0939. The fourth-order valence-electron chi connectivity index (χ4n) is 1.61. The average Bonchev–Trinajstić information content (AvgIpc) is 2.99. The molecular formula is C14H18N4O4S. The van der Waals surface area contributed by atoms with Crippen LogP contribution in [0, 0.1) is 0 Å². The van der Waals surface area contributed by atoms with Crippen LogP contribution >= 0.6 is 11.3 Å². The molecule has 2 aromatic heterocycles. The molecule has 2 rings (SSSR count). The molecule has 23 heavy (non-hydrogen) atoms. The highest BCUT2D eigenvalue weighted by Gasteiger charge is 2.15. The molecule has 0 aromatic carbocycles. The minimum absolute atomic E-state index is 0.105. The Hall–Kier alpha value is -2.26. The number of hydrogen-bond acceptors (Lipinski definition) is 8. The molecule has 0 bridgehead atoms. The summed E-state index contributed by atoms with van der Waals surface area (Å²) in [6, 6.07) is 3.00. The standard InChI is InChI=1S/C14H18N4O4S/c1-8(2)21-11-4-10(5-12(16-11)22-9(3)6-19)13(20)17-14-18-15-7-23-14/h4-5,7-9,19H,6H2,1-3H3,(H,17,18,20)/t9-/m1/s1. The molecule has 124 valence electrons. The first-order valence-corrected chi connectivity index (χ1v) is 7.89. The molecule has 0 unspecified atom stereocenters. The number of aliphatic hydroxyl groups excluding tert-OH is 1. The molecule has 8 nitrogen and oxygen atoms in total. The molecule has 0 spiro atoms. The first kappa shape index (κ1) is 17.1. The minimum atomic E-state index is -0.448. The smallest absolute Gasteiger partial charge is 0.257 e. The maximum absolute atomic E-state index is 12.3. The number of carbonyl (C=O) groups excluding carboxylic acids is 1. The predicted octanol–water partition coefficient (Wildman–Crippen LogP) is 1.73. The van der Waals surface area contributed by atoms with Gasteiger partial charge in [0.05, 0.1) is 18.3 Å². The number of anilines is 1. The number of rotatable bonds is 7. The van der Waals surface area contributed by atoms with Gasteiger partial charge in [-0.1, -0.05) is 11.3 Å². The van der Waals surface area contributed by atoms with E-state index in [1.807, 2.05) is 13.8 Å². The van der Waals surface area contributed by atoms with Gasteiger partial charge in [0.15, 0.2) is 0 Å². The van der Waals surface area contributed by atoms with Crippen molar-refractivity contribution < 1.29 is 19.4 Å². The van der Waals surface area contributed by atoms with Crippen molar-refractivity contribution in [1.29, 1.82) is 0 Å². The molecular weight excluding hydrogens is 320 g/mol. The molecule has 2 N–H and O–H groups in total. The molecule has 0 aliphatic heterocycles. The van der Waals surface area contributed by atoms with Gasteiger partial charge in [-0.05, 0) is 20.8 Å². The summed E-state index contributed by atoms with van der Waals surface area (Å²) in [5.41, 5.74) is 1.83. The minimum Gasteiger partial charge on any atom is -0.475 e. The number of amides is 1. The topological polar surface area (TPSA) is 106 Å². The van der Waals surface area contributed by atoms with E-state index >= 15 is 0 Å².